The van der Waals surface area contributed by atoms with Crippen molar-refractivity contribution in [3.63, 3.8) is 0 Å². The zero-order valence-electron chi connectivity index (χ0n) is 19.9. The van der Waals surface area contributed by atoms with Crippen molar-refractivity contribution >= 4 is 65.2 Å². The Morgan fingerprint density at radius 3 is 1.53 bits per heavy atom. The lowest BCUT2D eigenvalue weighted by Gasteiger charge is -2.22. The highest BCUT2D eigenvalue weighted by molar-refractivity contribution is 6.34. The molecule has 2 aliphatic heterocycles. The highest BCUT2D eigenvalue weighted by atomic mass is 16.6. The molecule has 8 rings (SSSR count). The van der Waals surface area contributed by atoms with Crippen molar-refractivity contribution in [3.8, 4) is 0 Å². The average Bonchev–Trinajstić information content (AvgIpc) is 3.84. The second-order valence-electron chi connectivity index (χ2n) is 10.3. The number of nitrogens with two attached hydrogens (primary N) is 2. The predicted molar refractivity (Wildman–Crippen MR) is 150 cm³/mol. The van der Waals surface area contributed by atoms with E-state index in [1.807, 2.05) is 6.07 Å². The summed E-state index contributed by atoms with van der Waals surface area (Å²) in [4.78, 5) is 0. The number of fused-ring (bicyclic) bond motifs is 10. The number of rotatable bonds is 4. The number of hydrogen-bond acceptors (Lipinski definition) is 4. The van der Waals surface area contributed by atoms with Crippen LogP contribution in [-0.2, 0) is 22.3 Å². The van der Waals surface area contributed by atoms with E-state index in [1.54, 1.807) is 0 Å². The van der Waals surface area contributed by atoms with Crippen molar-refractivity contribution in [1.29, 1.82) is 0 Å². The Morgan fingerprint density at radius 2 is 0.944 bits per heavy atom. The van der Waals surface area contributed by atoms with E-state index < -0.39 is 0 Å². The largest absolute Gasteiger partial charge is 0.397 e. The molecule has 6 aromatic rings. The first kappa shape index (κ1) is 20.3. The van der Waals surface area contributed by atoms with Crippen LogP contribution in [0.3, 0.4) is 0 Å². The lowest BCUT2D eigenvalue weighted by Crippen LogP contribution is -2.08. The van der Waals surface area contributed by atoms with Gasteiger partial charge in [-0.05, 0) is 65.7 Å². The van der Waals surface area contributed by atoms with E-state index in [2.05, 4.69) is 66.7 Å². The SMILES string of the molecule is Nc1ccc2c(c1N)c(CC1CO1)c(CC1CO1)c1c2ccc2c3ccccc3c3ccccc3c21. The maximum absolute atomic E-state index is 6.70. The third kappa shape index (κ3) is 2.89. The molecule has 4 N–H and O–H groups in total. The number of nitrogen functional groups attached to an aromatic ring is 2. The van der Waals surface area contributed by atoms with Gasteiger partial charge in [0.1, 0.15) is 0 Å². The maximum Gasteiger partial charge on any atom is 0.0850 e. The molecular formula is C32H26N2O2. The summed E-state index contributed by atoms with van der Waals surface area (Å²) in [5.41, 5.74) is 17.0. The fourth-order valence-electron chi connectivity index (χ4n) is 6.30. The van der Waals surface area contributed by atoms with Crippen LogP contribution in [0, 0.1) is 0 Å². The normalized spacial score (nSPS) is 19.1. The van der Waals surface area contributed by atoms with Gasteiger partial charge < -0.3 is 20.9 Å². The van der Waals surface area contributed by atoms with Crippen LogP contribution < -0.4 is 11.5 Å². The van der Waals surface area contributed by atoms with E-state index in [0.717, 1.165) is 36.8 Å². The second kappa shape index (κ2) is 7.33. The summed E-state index contributed by atoms with van der Waals surface area (Å²) in [6.45, 7) is 1.60. The Balaban J connectivity index is 1.66. The van der Waals surface area contributed by atoms with Gasteiger partial charge in [-0.2, -0.15) is 0 Å². The van der Waals surface area contributed by atoms with E-state index in [0.29, 0.717) is 11.4 Å². The molecule has 2 heterocycles. The van der Waals surface area contributed by atoms with Gasteiger partial charge in [-0.1, -0.05) is 66.7 Å². The molecule has 0 aliphatic carbocycles. The van der Waals surface area contributed by atoms with Crippen LogP contribution >= 0.6 is 0 Å². The number of hydrogen-bond donors (Lipinski definition) is 2. The fraction of sp³-hybridized carbons (Fsp3) is 0.188. The zero-order valence-corrected chi connectivity index (χ0v) is 19.9. The molecule has 6 aromatic carbocycles. The van der Waals surface area contributed by atoms with Crippen molar-refractivity contribution in [3.05, 3.63) is 83.9 Å². The van der Waals surface area contributed by atoms with Gasteiger partial charge in [0, 0.05) is 18.2 Å². The number of benzene rings is 6. The van der Waals surface area contributed by atoms with Gasteiger partial charge in [0.05, 0.1) is 36.8 Å². The summed E-state index contributed by atoms with van der Waals surface area (Å²) in [5.74, 6) is 0. The summed E-state index contributed by atoms with van der Waals surface area (Å²) >= 11 is 0. The van der Waals surface area contributed by atoms with E-state index >= 15 is 0 Å². The van der Waals surface area contributed by atoms with Gasteiger partial charge in [0.2, 0.25) is 0 Å². The highest BCUT2D eigenvalue weighted by Crippen LogP contribution is 2.46. The fourth-order valence-corrected chi connectivity index (χ4v) is 6.30. The molecule has 2 saturated heterocycles. The van der Waals surface area contributed by atoms with Gasteiger partial charge in [0.15, 0.2) is 0 Å². The van der Waals surface area contributed by atoms with Gasteiger partial charge in [-0.15, -0.1) is 0 Å². The molecule has 0 amide bonds. The Hall–Kier alpha value is -3.86. The Kier molecular flexibility index (Phi) is 4.14. The van der Waals surface area contributed by atoms with Crippen LogP contribution in [0.4, 0.5) is 11.4 Å². The standard InChI is InChI=1S/C32H26N2O2/c33-28-12-11-25-24-10-9-23-21-7-2-1-5-19(21)20-6-3-4-8-22(20)29(23)30(24)26(13-17-15-35-17)27(14-18-16-36-18)31(25)32(28)34/h1-12,17-18H,13-16,33-34H2. The van der Waals surface area contributed by atoms with Crippen LogP contribution in [0.25, 0.3) is 53.9 Å². The van der Waals surface area contributed by atoms with Crippen molar-refractivity contribution in [2.45, 2.75) is 25.0 Å². The van der Waals surface area contributed by atoms with Crippen LogP contribution in [0.2, 0.25) is 0 Å². The molecule has 2 atom stereocenters. The van der Waals surface area contributed by atoms with Gasteiger partial charge in [-0.25, -0.2) is 0 Å². The molecule has 0 saturated carbocycles. The Morgan fingerprint density at radius 1 is 0.528 bits per heavy atom. The van der Waals surface area contributed by atoms with Crippen LogP contribution in [-0.4, -0.2) is 25.4 Å². The van der Waals surface area contributed by atoms with Crippen LogP contribution in [0.1, 0.15) is 11.1 Å². The molecule has 2 aliphatic rings. The van der Waals surface area contributed by atoms with E-state index in [4.69, 9.17) is 20.9 Å². The van der Waals surface area contributed by atoms with Crippen molar-refractivity contribution in [2.24, 2.45) is 0 Å². The summed E-state index contributed by atoms with van der Waals surface area (Å²) in [5, 5.41) is 12.5. The molecule has 2 unspecified atom stereocenters. The van der Waals surface area contributed by atoms with Crippen molar-refractivity contribution in [2.75, 3.05) is 24.7 Å². The van der Waals surface area contributed by atoms with Crippen LogP contribution in [0.5, 0.6) is 0 Å². The minimum Gasteiger partial charge on any atom is -0.397 e. The van der Waals surface area contributed by atoms with Gasteiger partial charge in [0.25, 0.3) is 0 Å². The zero-order chi connectivity index (χ0) is 24.0. The van der Waals surface area contributed by atoms with E-state index in [9.17, 15) is 0 Å². The first-order chi connectivity index (χ1) is 17.7. The summed E-state index contributed by atoms with van der Waals surface area (Å²) in [6, 6.07) is 26.2. The minimum absolute atomic E-state index is 0.234. The molecule has 4 nitrogen and oxygen atoms in total. The minimum atomic E-state index is 0.234. The Bertz CT molecular complexity index is 1850. The third-order valence-corrected chi connectivity index (χ3v) is 8.11. The highest BCUT2D eigenvalue weighted by Gasteiger charge is 2.31. The molecule has 0 radical (unpaired) electrons. The van der Waals surface area contributed by atoms with Gasteiger partial charge in [-0.3, -0.25) is 0 Å². The molecule has 0 bridgehead atoms. The van der Waals surface area contributed by atoms with Gasteiger partial charge >= 0.3 is 0 Å². The predicted octanol–water partition coefficient (Wildman–Crippen LogP) is 6.50. The summed E-state index contributed by atoms with van der Waals surface area (Å²) < 4.78 is 11.5. The molecule has 2 fully saturated rings. The van der Waals surface area contributed by atoms with Crippen molar-refractivity contribution < 1.29 is 9.47 Å². The number of epoxide rings is 2. The first-order valence-corrected chi connectivity index (χ1v) is 12.7. The topological polar surface area (TPSA) is 77.1 Å². The summed E-state index contributed by atoms with van der Waals surface area (Å²) in [7, 11) is 0. The number of ether oxygens (including phenoxy) is 2. The smallest absolute Gasteiger partial charge is 0.0850 e. The summed E-state index contributed by atoms with van der Waals surface area (Å²) in [6.07, 6.45) is 2.18. The lowest BCUT2D eigenvalue weighted by molar-refractivity contribution is 0.402. The lowest BCUT2D eigenvalue weighted by atomic mass is 9.82. The molecule has 36 heavy (non-hydrogen) atoms. The van der Waals surface area contributed by atoms with E-state index in [-0.39, 0.29) is 12.2 Å². The second-order valence-corrected chi connectivity index (χ2v) is 10.3. The number of anilines is 2. The molecule has 0 spiro atoms. The average molecular weight is 471 g/mol. The van der Waals surface area contributed by atoms with E-state index in [1.165, 1.54) is 54.2 Å². The third-order valence-electron chi connectivity index (χ3n) is 8.11. The van der Waals surface area contributed by atoms with Crippen molar-refractivity contribution in [1.82, 2.24) is 0 Å². The van der Waals surface area contributed by atoms with Crippen LogP contribution in [0.15, 0.2) is 72.8 Å². The molecule has 176 valence electrons. The maximum atomic E-state index is 6.70. The first-order valence-electron chi connectivity index (χ1n) is 12.7. The molecule has 0 aromatic heterocycles. The monoisotopic (exact) mass is 470 g/mol. The Labute approximate surface area is 208 Å². The molecule has 4 heteroatoms. The molecular weight excluding hydrogens is 444 g/mol. The quantitative estimate of drug-likeness (QED) is 0.175.